The summed E-state index contributed by atoms with van der Waals surface area (Å²) in [6.45, 7) is 0. The van der Waals surface area contributed by atoms with Gasteiger partial charge < -0.3 is 0 Å². The standard InChI is InChI=1S/C12H8O3S/c13-16-11-5-1-9(2-6-11)14-15-10-3-7-12(16)8-4-10/h1-8H. The summed E-state index contributed by atoms with van der Waals surface area (Å²) in [7, 11) is -1.15. The fourth-order valence-electron chi connectivity index (χ4n) is 1.47. The molecule has 0 saturated carbocycles. The van der Waals surface area contributed by atoms with Crippen LogP contribution >= 0.6 is 0 Å². The molecule has 6 rings (SSSR count). The van der Waals surface area contributed by atoms with E-state index in [1.165, 1.54) is 0 Å². The van der Waals surface area contributed by atoms with E-state index in [-0.39, 0.29) is 0 Å². The maximum Gasteiger partial charge on any atom is 0.178 e. The predicted octanol–water partition coefficient (Wildman–Crippen LogP) is 2.54. The summed E-state index contributed by atoms with van der Waals surface area (Å²) in [5, 5.41) is 0. The normalized spacial score (nSPS) is 14.0. The monoisotopic (exact) mass is 232 g/mol. The molecule has 0 aliphatic carbocycles. The van der Waals surface area contributed by atoms with Crippen molar-refractivity contribution in [3.8, 4) is 11.5 Å². The lowest BCUT2D eigenvalue weighted by atomic mass is 10.3. The van der Waals surface area contributed by atoms with Crippen LogP contribution in [0.15, 0.2) is 58.3 Å². The number of hydrogen-bond acceptors (Lipinski definition) is 3. The quantitative estimate of drug-likeness (QED) is 0.655. The molecule has 0 radical (unpaired) electrons. The molecule has 2 aromatic carbocycles. The molecule has 4 aliphatic rings. The van der Waals surface area contributed by atoms with Gasteiger partial charge in [0.25, 0.3) is 0 Å². The molecule has 0 N–H and O–H groups in total. The summed E-state index contributed by atoms with van der Waals surface area (Å²) in [5.41, 5.74) is 0. The maximum absolute atomic E-state index is 12.1. The molecule has 4 heterocycles. The van der Waals surface area contributed by atoms with Gasteiger partial charge in [0, 0.05) is 9.79 Å². The summed E-state index contributed by atoms with van der Waals surface area (Å²) in [6, 6.07) is 14.0. The van der Waals surface area contributed by atoms with Gasteiger partial charge in [-0.3, -0.25) is 9.78 Å². The second-order valence-electron chi connectivity index (χ2n) is 3.38. The van der Waals surface area contributed by atoms with Gasteiger partial charge in [-0.1, -0.05) is 0 Å². The fraction of sp³-hybridized carbons (Fsp3) is 0. The van der Waals surface area contributed by atoms with Gasteiger partial charge in [0.15, 0.2) is 11.5 Å². The first-order chi connectivity index (χ1) is 7.83. The van der Waals surface area contributed by atoms with Crippen molar-refractivity contribution >= 4 is 10.8 Å². The van der Waals surface area contributed by atoms with Crippen LogP contribution in [0.5, 0.6) is 11.5 Å². The summed E-state index contributed by atoms with van der Waals surface area (Å²) in [5.74, 6) is 1.18. The van der Waals surface area contributed by atoms with Crippen LogP contribution in [-0.4, -0.2) is 4.21 Å². The van der Waals surface area contributed by atoms with E-state index in [1.807, 2.05) is 0 Å². The molecule has 4 bridgehead atoms. The van der Waals surface area contributed by atoms with Crippen LogP contribution in [0.1, 0.15) is 0 Å². The molecule has 80 valence electrons. The molecule has 0 unspecified atom stereocenters. The van der Waals surface area contributed by atoms with E-state index in [0.717, 1.165) is 9.79 Å². The van der Waals surface area contributed by atoms with Gasteiger partial charge in [-0.25, -0.2) is 4.21 Å². The third kappa shape index (κ3) is 1.57. The average molecular weight is 232 g/mol. The average Bonchev–Trinajstić information content (AvgIpc) is 2.43. The van der Waals surface area contributed by atoms with Crippen molar-refractivity contribution in [3.63, 3.8) is 0 Å². The van der Waals surface area contributed by atoms with Gasteiger partial charge in [-0.05, 0) is 48.5 Å². The molecule has 0 fully saturated rings. The highest BCUT2D eigenvalue weighted by Crippen LogP contribution is 2.24. The minimum Gasteiger partial charge on any atom is -0.290 e. The van der Waals surface area contributed by atoms with E-state index in [1.54, 1.807) is 48.5 Å². The van der Waals surface area contributed by atoms with Crippen LogP contribution < -0.4 is 9.78 Å². The lowest BCUT2D eigenvalue weighted by Crippen LogP contribution is -1.99. The Labute approximate surface area is 95.0 Å². The van der Waals surface area contributed by atoms with Crippen LogP contribution in [0.4, 0.5) is 0 Å². The SMILES string of the molecule is O=S1c2ccc(cc2)OOc2ccc1cc2. The Balaban J connectivity index is 2.19. The highest BCUT2D eigenvalue weighted by Gasteiger charge is 2.10. The summed E-state index contributed by atoms with van der Waals surface area (Å²) in [6.07, 6.45) is 0. The van der Waals surface area contributed by atoms with Gasteiger partial charge >= 0.3 is 0 Å². The smallest absolute Gasteiger partial charge is 0.178 e. The first-order valence-corrected chi connectivity index (χ1v) is 5.94. The molecule has 0 aromatic heterocycles. The first kappa shape index (κ1) is 9.42. The van der Waals surface area contributed by atoms with Crippen molar-refractivity contribution in [2.24, 2.45) is 0 Å². The van der Waals surface area contributed by atoms with Gasteiger partial charge in [0.1, 0.15) is 0 Å². The number of hydrogen-bond donors (Lipinski definition) is 0. The molecule has 4 heteroatoms. The molecule has 0 amide bonds. The molecular formula is C12H8O3S. The highest BCUT2D eigenvalue weighted by molar-refractivity contribution is 7.85. The zero-order chi connectivity index (χ0) is 11.0. The van der Waals surface area contributed by atoms with Crippen LogP contribution in [0.2, 0.25) is 0 Å². The van der Waals surface area contributed by atoms with E-state index in [9.17, 15) is 4.21 Å². The van der Waals surface area contributed by atoms with Gasteiger partial charge in [-0.15, -0.1) is 0 Å². The van der Waals surface area contributed by atoms with E-state index < -0.39 is 10.8 Å². The third-order valence-corrected chi connectivity index (χ3v) is 3.71. The van der Waals surface area contributed by atoms with E-state index in [2.05, 4.69) is 0 Å². The predicted molar refractivity (Wildman–Crippen MR) is 58.8 cm³/mol. The van der Waals surface area contributed by atoms with Crippen molar-refractivity contribution in [2.45, 2.75) is 9.79 Å². The Kier molecular flexibility index (Phi) is 2.15. The molecule has 4 aliphatic heterocycles. The Morgan fingerprint density at radius 2 is 1.06 bits per heavy atom. The van der Waals surface area contributed by atoms with Gasteiger partial charge in [0.05, 0.1) is 10.8 Å². The molecule has 0 atom stereocenters. The van der Waals surface area contributed by atoms with Crippen LogP contribution in [0.3, 0.4) is 0 Å². The summed E-state index contributed by atoms with van der Waals surface area (Å²) >= 11 is 0. The Hall–Kier alpha value is -1.81. The van der Waals surface area contributed by atoms with E-state index >= 15 is 0 Å². The molecule has 3 nitrogen and oxygen atoms in total. The van der Waals surface area contributed by atoms with E-state index in [4.69, 9.17) is 9.78 Å². The topological polar surface area (TPSA) is 35.5 Å². The second-order valence-corrected chi connectivity index (χ2v) is 4.86. The molecule has 2 aromatic rings. The minimum absolute atomic E-state index is 0.588. The van der Waals surface area contributed by atoms with Crippen molar-refractivity contribution < 1.29 is 14.0 Å². The Bertz CT molecular complexity index is 482. The van der Waals surface area contributed by atoms with Crippen LogP contribution in [-0.2, 0) is 10.8 Å². The molecule has 16 heavy (non-hydrogen) atoms. The maximum atomic E-state index is 12.1. The zero-order valence-electron chi connectivity index (χ0n) is 8.25. The Morgan fingerprint density at radius 1 is 0.688 bits per heavy atom. The van der Waals surface area contributed by atoms with Crippen molar-refractivity contribution in [2.75, 3.05) is 0 Å². The second kappa shape index (κ2) is 3.64. The third-order valence-electron chi connectivity index (χ3n) is 2.31. The summed E-state index contributed by atoms with van der Waals surface area (Å²) < 4.78 is 12.1. The molecular weight excluding hydrogens is 224 g/mol. The van der Waals surface area contributed by atoms with E-state index in [0.29, 0.717) is 11.5 Å². The summed E-state index contributed by atoms with van der Waals surface area (Å²) in [4.78, 5) is 11.7. The lowest BCUT2D eigenvalue weighted by molar-refractivity contribution is -0.1000. The van der Waals surface area contributed by atoms with Crippen LogP contribution in [0.25, 0.3) is 0 Å². The zero-order valence-corrected chi connectivity index (χ0v) is 9.07. The van der Waals surface area contributed by atoms with Crippen molar-refractivity contribution in [1.29, 1.82) is 0 Å². The fourth-order valence-corrected chi connectivity index (χ4v) is 2.51. The lowest BCUT2D eigenvalue weighted by Gasteiger charge is -2.03. The first-order valence-electron chi connectivity index (χ1n) is 4.79. The van der Waals surface area contributed by atoms with Crippen LogP contribution in [0, 0.1) is 0 Å². The Morgan fingerprint density at radius 3 is 1.44 bits per heavy atom. The minimum atomic E-state index is -1.15. The highest BCUT2D eigenvalue weighted by atomic mass is 32.2. The number of rotatable bonds is 0. The van der Waals surface area contributed by atoms with Gasteiger partial charge in [0.2, 0.25) is 0 Å². The number of benzene rings is 2. The van der Waals surface area contributed by atoms with Crippen molar-refractivity contribution in [3.05, 3.63) is 48.5 Å². The van der Waals surface area contributed by atoms with Gasteiger partial charge in [-0.2, -0.15) is 0 Å². The van der Waals surface area contributed by atoms with Crippen molar-refractivity contribution in [1.82, 2.24) is 0 Å². The molecule has 0 spiro atoms. The largest absolute Gasteiger partial charge is 0.290 e. The molecule has 0 saturated heterocycles.